The molecule has 0 aliphatic rings. The summed E-state index contributed by atoms with van der Waals surface area (Å²) in [5.74, 6) is -0.228. The van der Waals surface area contributed by atoms with Crippen molar-refractivity contribution in [3.63, 3.8) is 0 Å². The van der Waals surface area contributed by atoms with Crippen LogP contribution < -0.4 is 9.46 Å². The number of hydrogen-bond donors (Lipinski definition) is 1. The van der Waals surface area contributed by atoms with E-state index in [1.807, 2.05) is 19.1 Å². The predicted octanol–water partition coefficient (Wildman–Crippen LogP) is 4.26. The van der Waals surface area contributed by atoms with Gasteiger partial charge in [0, 0.05) is 24.0 Å². The van der Waals surface area contributed by atoms with Crippen LogP contribution in [0.4, 0.5) is 4.39 Å². The van der Waals surface area contributed by atoms with Crippen molar-refractivity contribution in [2.45, 2.75) is 38.5 Å². The SMILES string of the molecule is [2H][C@@](N[S+]([O-])C(C)(C)C)(c1ccc(C)cc1)c1cc(F)ccc1OCOC. The molecule has 0 heterocycles. The topological polar surface area (TPSA) is 53.5 Å². The van der Waals surface area contributed by atoms with Crippen molar-refractivity contribution in [2.24, 2.45) is 0 Å². The Bertz CT molecular complexity index is 767. The summed E-state index contributed by atoms with van der Waals surface area (Å²) in [5, 5.41) is 0. The van der Waals surface area contributed by atoms with Gasteiger partial charge in [-0.3, -0.25) is 0 Å². The molecule has 0 aliphatic heterocycles. The first kappa shape index (κ1) is 19.2. The Morgan fingerprint density at radius 1 is 1.23 bits per heavy atom. The van der Waals surface area contributed by atoms with Crippen molar-refractivity contribution in [2.75, 3.05) is 13.9 Å². The highest BCUT2D eigenvalue weighted by molar-refractivity contribution is 7.90. The average molecular weight is 381 g/mol. The van der Waals surface area contributed by atoms with Gasteiger partial charge < -0.3 is 14.0 Å². The maximum atomic E-state index is 14.1. The lowest BCUT2D eigenvalue weighted by molar-refractivity contribution is 0.0502. The van der Waals surface area contributed by atoms with Crippen LogP contribution in [0.25, 0.3) is 0 Å². The van der Waals surface area contributed by atoms with Crippen LogP contribution in [0, 0.1) is 12.7 Å². The van der Waals surface area contributed by atoms with E-state index >= 15 is 0 Å². The van der Waals surface area contributed by atoms with Gasteiger partial charge in [0.15, 0.2) is 6.79 Å². The molecule has 0 saturated carbocycles. The first-order valence-corrected chi connectivity index (χ1v) is 9.41. The standard InChI is InChI=1S/C20H26FNO3S/c1-14-6-8-15(9-7-14)19(22-26(23)20(2,3)4)17-12-16(21)10-11-18(17)25-13-24-5/h6-12,19,22H,13H2,1-5H3/t19-,26?/m1/s1/i19D. The molecule has 0 aliphatic carbocycles. The van der Waals surface area contributed by atoms with Crippen LogP contribution in [0.1, 0.15) is 44.9 Å². The van der Waals surface area contributed by atoms with Gasteiger partial charge in [-0.2, -0.15) is 0 Å². The molecule has 0 saturated heterocycles. The van der Waals surface area contributed by atoms with E-state index in [-0.39, 0.29) is 18.1 Å². The molecular weight excluding hydrogens is 353 g/mol. The number of hydrogen-bond acceptors (Lipinski definition) is 4. The monoisotopic (exact) mass is 380 g/mol. The van der Waals surface area contributed by atoms with E-state index < -0.39 is 27.9 Å². The third kappa shape index (κ3) is 5.45. The number of aryl methyl sites for hydroxylation is 1. The van der Waals surface area contributed by atoms with Crippen molar-refractivity contribution in [3.05, 3.63) is 65.0 Å². The van der Waals surface area contributed by atoms with Gasteiger partial charge >= 0.3 is 0 Å². The second-order valence-electron chi connectivity index (χ2n) is 6.92. The Morgan fingerprint density at radius 3 is 2.46 bits per heavy atom. The molecule has 0 fully saturated rings. The summed E-state index contributed by atoms with van der Waals surface area (Å²) in [7, 11) is 1.48. The average Bonchev–Trinajstić information content (AvgIpc) is 2.60. The van der Waals surface area contributed by atoms with Gasteiger partial charge in [-0.15, -0.1) is 4.72 Å². The predicted molar refractivity (Wildman–Crippen MR) is 103 cm³/mol. The molecule has 0 aromatic heterocycles. The molecule has 4 nitrogen and oxygen atoms in total. The van der Waals surface area contributed by atoms with E-state index in [0.29, 0.717) is 5.56 Å². The fraction of sp³-hybridized carbons (Fsp3) is 0.400. The summed E-state index contributed by atoms with van der Waals surface area (Å²) in [6.45, 7) is 7.30. The molecule has 26 heavy (non-hydrogen) atoms. The zero-order valence-corrected chi connectivity index (χ0v) is 16.6. The lowest BCUT2D eigenvalue weighted by Crippen LogP contribution is -2.41. The highest BCUT2D eigenvalue weighted by Crippen LogP contribution is 2.33. The third-order valence-corrected chi connectivity index (χ3v) is 5.14. The lowest BCUT2D eigenvalue weighted by atomic mass is 9.98. The molecule has 1 unspecified atom stereocenters. The van der Waals surface area contributed by atoms with Gasteiger partial charge in [0.25, 0.3) is 0 Å². The van der Waals surface area contributed by atoms with E-state index in [9.17, 15) is 8.94 Å². The summed E-state index contributed by atoms with van der Waals surface area (Å²) in [6.07, 6.45) is 0. The lowest BCUT2D eigenvalue weighted by Gasteiger charge is -2.29. The molecule has 142 valence electrons. The van der Waals surface area contributed by atoms with Crippen molar-refractivity contribution in [3.8, 4) is 5.75 Å². The minimum Gasteiger partial charge on any atom is -0.598 e. The molecule has 2 aromatic carbocycles. The first-order valence-electron chi connectivity index (χ1n) is 8.76. The van der Waals surface area contributed by atoms with Gasteiger partial charge in [0.1, 0.15) is 22.3 Å². The van der Waals surface area contributed by atoms with Crippen LogP contribution in [0.3, 0.4) is 0 Å². The van der Waals surface area contributed by atoms with Gasteiger partial charge in [-0.05, 0) is 51.5 Å². The van der Waals surface area contributed by atoms with Crippen LogP contribution in [0.15, 0.2) is 42.5 Å². The molecule has 2 aromatic rings. The molecule has 2 atom stereocenters. The van der Waals surface area contributed by atoms with Crippen LogP contribution in [0.5, 0.6) is 5.75 Å². The van der Waals surface area contributed by atoms with E-state index in [1.54, 1.807) is 32.9 Å². The number of nitrogens with one attached hydrogen (secondary N) is 1. The number of rotatable bonds is 7. The van der Waals surface area contributed by atoms with Crippen molar-refractivity contribution in [1.82, 2.24) is 4.72 Å². The van der Waals surface area contributed by atoms with Crippen molar-refractivity contribution in [1.29, 1.82) is 0 Å². The van der Waals surface area contributed by atoms with Crippen LogP contribution >= 0.6 is 0 Å². The largest absolute Gasteiger partial charge is 0.598 e. The molecule has 6 heteroatoms. The second kappa shape index (κ2) is 8.86. The fourth-order valence-corrected chi connectivity index (χ4v) is 2.90. The molecule has 1 N–H and O–H groups in total. The van der Waals surface area contributed by atoms with E-state index in [0.717, 1.165) is 5.56 Å². The number of methoxy groups -OCH3 is 1. The number of benzene rings is 2. The molecule has 2 rings (SSSR count). The molecule has 0 spiro atoms. The molecule has 0 amide bonds. The Labute approximate surface area is 159 Å². The molecule has 0 bridgehead atoms. The Hall–Kier alpha value is -1.60. The number of ether oxygens (including phenoxy) is 2. The molecular formula is C20H26FNO3S. The van der Waals surface area contributed by atoms with E-state index in [2.05, 4.69) is 4.72 Å². The van der Waals surface area contributed by atoms with Gasteiger partial charge in [0.05, 0.1) is 1.37 Å². The number of halogens is 1. The maximum absolute atomic E-state index is 14.1. The van der Waals surface area contributed by atoms with Crippen molar-refractivity contribution < 1.29 is 19.8 Å². The normalized spacial score (nSPS) is 15.9. The van der Waals surface area contributed by atoms with Crippen LogP contribution in [-0.4, -0.2) is 23.2 Å². The minimum atomic E-state index is -1.68. The maximum Gasteiger partial charge on any atom is 0.188 e. The summed E-state index contributed by atoms with van der Waals surface area (Å²) in [4.78, 5) is 0. The highest BCUT2D eigenvalue weighted by atomic mass is 32.2. The van der Waals surface area contributed by atoms with Gasteiger partial charge in [0.2, 0.25) is 0 Å². The summed E-state index contributed by atoms with van der Waals surface area (Å²) < 4.78 is 48.8. The zero-order chi connectivity index (χ0) is 20.2. The Kier molecular flexibility index (Phi) is 6.53. The van der Waals surface area contributed by atoms with E-state index in [4.69, 9.17) is 10.8 Å². The van der Waals surface area contributed by atoms with Gasteiger partial charge in [-0.1, -0.05) is 29.8 Å². The Morgan fingerprint density at radius 2 is 1.88 bits per heavy atom. The minimum absolute atomic E-state index is 0.0506. The molecule has 0 radical (unpaired) electrons. The smallest absolute Gasteiger partial charge is 0.188 e. The summed E-state index contributed by atoms with van der Waals surface area (Å²) in [6, 6.07) is 9.49. The summed E-state index contributed by atoms with van der Waals surface area (Å²) >= 11 is -1.58. The van der Waals surface area contributed by atoms with E-state index in [1.165, 1.54) is 25.3 Å². The Balaban J connectivity index is 2.62. The van der Waals surface area contributed by atoms with Gasteiger partial charge in [-0.25, -0.2) is 4.39 Å². The first-order chi connectivity index (χ1) is 12.6. The zero-order valence-electron chi connectivity index (χ0n) is 16.8. The second-order valence-corrected chi connectivity index (χ2v) is 8.88. The summed E-state index contributed by atoms with van der Waals surface area (Å²) in [5.41, 5.74) is 1.77. The quantitative estimate of drug-likeness (QED) is 0.576. The highest BCUT2D eigenvalue weighted by Gasteiger charge is 2.32. The fourth-order valence-electron chi connectivity index (χ4n) is 2.18. The van der Waals surface area contributed by atoms with Crippen LogP contribution in [0.2, 0.25) is 0 Å². The van der Waals surface area contributed by atoms with Crippen molar-refractivity contribution >= 4 is 11.4 Å². The van der Waals surface area contributed by atoms with Crippen LogP contribution in [-0.2, 0) is 16.1 Å². The third-order valence-electron chi connectivity index (χ3n) is 3.63.